The molecule has 2 aromatic rings. The summed E-state index contributed by atoms with van der Waals surface area (Å²) in [4.78, 5) is 6.28. The van der Waals surface area contributed by atoms with E-state index < -0.39 is 63.0 Å². The summed E-state index contributed by atoms with van der Waals surface area (Å²) < 4.78 is 112. The van der Waals surface area contributed by atoms with E-state index in [9.17, 15) is 31.1 Å². The molecule has 32 heavy (non-hydrogen) atoms. The standard InChI is InChI=1S/C18H20F4N4O5S/c1-17(27)9-30-6-5-14(17)31-15-11(18(20,21)22)8-24-16(26-15)25-10-3-4-13(12(19)7-10)32(28,29)23-2/h3-4,7-8,14,23,27H,5-6,9H2,1-2H3,(H,24,25,26)/i2D3. The van der Waals surface area contributed by atoms with Gasteiger partial charge in [0.1, 0.15) is 28.0 Å². The van der Waals surface area contributed by atoms with E-state index in [1.54, 1.807) is 0 Å². The summed E-state index contributed by atoms with van der Waals surface area (Å²) in [6, 6.07) is 2.45. The summed E-state index contributed by atoms with van der Waals surface area (Å²) in [5, 5.41) is 12.8. The van der Waals surface area contributed by atoms with Crippen molar-refractivity contribution in [3.05, 3.63) is 35.8 Å². The normalized spacial score (nSPS) is 23.7. The molecule has 0 saturated carbocycles. The molecule has 2 heterocycles. The van der Waals surface area contributed by atoms with Gasteiger partial charge >= 0.3 is 6.18 Å². The van der Waals surface area contributed by atoms with E-state index in [0.29, 0.717) is 12.3 Å². The second-order valence-corrected chi connectivity index (χ2v) is 8.74. The Labute approximate surface area is 185 Å². The number of halogens is 4. The lowest BCUT2D eigenvalue weighted by molar-refractivity contribution is -0.152. The van der Waals surface area contributed by atoms with Gasteiger partial charge < -0.3 is 19.9 Å². The number of hydrogen-bond donors (Lipinski definition) is 3. The first-order valence-corrected chi connectivity index (χ1v) is 10.5. The van der Waals surface area contributed by atoms with Crippen LogP contribution >= 0.6 is 0 Å². The van der Waals surface area contributed by atoms with Crippen molar-refractivity contribution in [3.8, 4) is 5.88 Å². The van der Waals surface area contributed by atoms with Crippen LogP contribution in [-0.4, -0.2) is 55.4 Å². The van der Waals surface area contributed by atoms with Gasteiger partial charge in [-0.3, -0.25) is 0 Å². The van der Waals surface area contributed by atoms with Crippen molar-refractivity contribution in [2.24, 2.45) is 0 Å². The summed E-state index contributed by atoms with van der Waals surface area (Å²) in [7, 11) is -4.72. The summed E-state index contributed by atoms with van der Waals surface area (Å²) in [6.07, 6.45) is -5.44. The molecule has 0 radical (unpaired) electrons. The number of nitrogens with one attached hydrogen (secondary N) is 2. The van der Waals surface area contributed by atoms with Crippen molar-refractivity contribution < 1.29 is 44.7 Å². The lowest BCUT2D eigenvalue weighted by Gasteiger charge is -2.36. The Balaban J connectivity index is 1.89. The molecular formula is C18H20F4N4O5S. The van der Waals surface area contributed by atoms with Crippen LogP contribution in [0.15, 0.2) is 29.3 Å². The maximum atomic E-state index is 14.4. The third kappa shape index (κ3) is 5.26. The van der Waals surface area contributed by atoms with E-state index in [-0.39, 0.29) is 25.3 Å². The van der Waals surface area contributed by atoms with Crippen LogP contribution in [0.3, 0.4) is 0 Å². The van der Waals surface area contributed by atoms with Crippen molar-refractivity contribution in [1.29, 1.82) is 0 Å². The van der Waals surface area contributed by atoms with Crippen LogP contribution in [0, 0.1) is 5.82 Å². The second-order valence-electron chi connectivity index (χ2n) is 7.09. The molecule has 0 amide bonds. The van der Waals surface area contributed by atoms with Crippen LogP contribution in [0.1, 0.15) is 23.0 Å². The highest BCUT2D eigenvalue weighted by molar-refractivity contribution is 7.89. The smallest absolute Gasteiger partial charge is 0.423 e. The minimum Gasteiger partial charge on any atom is -0.471 e. The Hall–Kier alpha value is -2.55. The van der Waals surface area contributed by atoms with E-state index in [1.165, 1.54) is 11.6 Å². The van der Waals surface area contributed by atoms with Gasteiger partial charge in [-0.1, -0.05) is 0 Å². The first-order valence-electron chi connectivity index (χ1n) is 10.5. The van der Waals surface area contributed by atoms with Crippen molar-refractivity contribution in [1.82, 2.24) is 14.7 Å². The van der Waals surface area contributed by atoms with Gasteiger partial charge in [-0.2, -0.15) is 18.2 Å². The van der Waals surface area contributed by atoms with Crippen LogP contribution in [-0.2, 0) is 20.9 Å². The summed E-state index contributed by atoms with van der Waals surface area (Å²) in [6.45, 7) is -1.78. The zero-order valence-electron chi connectivity index (χ0n) is 19.4. The van der Waals surface area contributed by atoms with Crippen molar-refractivity contribution in [3.63, 3.8) is 0 Å². The van der Waals surface area contributed by atoms with Crippen LogP contribution in [0.4, 0.5) is 29.2 Å². The lowest BCUT2D eigenvalue weighted by Crippen LogP contribution is -2.51. The van der Waals surface area contributed by atoms with Gasteiger partial charge in [0, 0.05) is 22.4 Å². The molecule has 3 rings (SSSR count). The summed E-state index contributed by atoms with van der Waals surface area (Å²) >= 11 is 0. The van der Waals surface area contributed by atoms with Gasteiger partial charge in [-0.25, -0.2) is 22.5 Å². The molecule has 14 heteroatoms. The summed E-state index contributed by atoms with van der Waals surface area (Å²) in [5.41, 5.74) is -3.06. The van der Waals surface area contributed by atoms with E-state index in [1.807, 2.05) is 0 Å². The number of anilines is 2. The molecule has 0 bridgehead atoms. The Morgan fingerprint density at radius 1 is 1.41 bits per heavy atom. The third-order valence-electron chi connectivity index (χ3n) is 4.54. The van der Waals surface area contributed by atoms with E-state index >= 15 is 0 Å². The SMILES string of the molecule is [2H]C([2H])([2H])NS(=O)(=O)c1ccc(Nc2ncc(C(F)(F)F)c(OC3CCOCC3(C)O)n2)cc1F. The number of hydrogen-bond acceptors (Lipinski definition) is 8. The van der Waals surface area contributed by atoms with E-state index in [2.05, 4.69) is 15.3 Å². The molecule has 1 aromatic heterocycles. The second kappa shape index (κ2) is 8.77. The Kier molecular flexibility index (Phi) is 5.50. The predicted octanol–water partition coefficient (Wildman–Crippen LogP) is 2.20. The molecule has 176 valence electrons. The molecule has 0 spiro atoms. The maximum Gasteiger partial charge on any atom is 0.423 e. The van der Waals surface area contributed by atoms with Crippen LogP contribution < -0.4 is 14.8 Å². The molecule has 1 aliphatic heterocycles. The number of benzene rings is 1. The number of sulfonamides is 1. The highest BCUT2D eigenvalue weighted by atomic mass is 32.2. The van der Waals surface area contributed by atoms with Gasteiger partial charge in [0.2, 0.25) is 21.9 Å². The fraction of sp³-hybridized carbons (Fsp3) is 0.444. The maximum absolute atomic E-state index is 14.4. The molecule has 3 N–H and O–H groups in total. The summed E-state index contributed by atoms with van der Waals surface area (Å²) in [5.74, 6) is -2.67. The monoisotopic (exact) mass is 483 g/mol. The quantitative estimate of drug-likeness (QED) is 0.535. The van der Waals surface area contributed by atoms with Gasteiger partial charge in [-0.05, 0) is 32.1 Å². The highest BCUT2D eigenvalue weighted by Crippen LogP contribution is 2.37. The van der Waals surface area contributed by atoms with Crippen molar-refractivity contribution in [2.75, 3.05) is 25.5 Å². The minimum atomic E-state index is -4.89. The van der Waals surface area contributed by atoms with E-state index in [0.717, 1.165) is 12.1 Å². The molecule has 1 fully saturated rings. The third-order valence-corrected chi connectivity index (χ3v) is 5.72. The number of alkyl halides is 3. The number of aromatic nitrogens is 2. The zero-order chi connectivity index (χ0) is 26.2. The fourth-order valence-corrected chi connectivity index (χ4v) is 3.56. The molecule has 2 atom stereocenters. The Bertz CT molecular complexity index is 1200. The van der Waals surface area contributed by atoms with Crippen molar-refractivity contribution in [2.45, 2.75) is 36.1 Å². The average Bonchev–Trinajstić information content (AvgIpc) is 2.67. The van der Waals surface area contributed by atoms with Crippen LogP contribution in [0.25, 0.3) is 0 Å². The molecule has 1 saturated heterocycles. The fourth-order valence-electron chi connectivity index (χ4n) is 2.88. The largest absolute Gasteiger partial charge is 0.471 e. The van der Waals surface area contributed by atoms with Gasteiger partial charge in [0.05, 0.1) is 13.2 Å². The Morgan fingerprint density at radius 3 is 2.78 bits per heavy atom. The highest BCUT2D eigenvalue weighted by Gasteiger charge is 2.41. The zero-order valence-corrected chi connectivity index (χ0v) is 17.2. The number of ether oxygens (including phenoxy) is 2. The van der Waals surface area contributed by atoms with Crippen LogP contribution in [0.5, 0.6) is 5.88 Å². The van der Waals surface area contributed by atoms with E-state index in [4.69, 9.17) is 13.6 Å². The number of aliphatic hydroxyl groups is 1. The topological polar surface area (TPSA) is 123 Å². The minimum absolute atomic E-state index is 0.0858. The molecule has 0 aliphatic carbocycles. The van der Waals surface area contributed by atoms with Gasteiger partial charge in [0.15, 0.2) is 0 Å². The number of nitrogens with zero attached hydrogens (tertiary/aromatic N) is 2. The lowest BCUT2D eigenvalue weighted by atomic mass is 9.95. The molecular weight excluding hydrogens is 460 g/mol. The van der Waals surface area contributed by atoms with Crippen molar-refractivity contribution >= 4 is 21.7 Å². The average molecular weight is 483 g/mol. The van der Waals surface area contributed by atoms with Crippen LogP contribution in [0.2, 0.25) is 0 Å². The van der Waals surface area contributed by atoms with Gasteiger partial charge in [-0.15, -0.1) is 0 Å². The first kappa shape index (κ1) is 20.1. The molecule has 1 aliphatic rings. The number of rotatable bonds is 6. The van der Waals surface area contributed by atoms with Gasteiger partial charge in [0.25, 0.3) is 0 Å². The first-order chi connectivity index (χ1) is 16.0. The molecule has 1 aromatic carbocycles. The molecule has 9 nitrogen and oxygen atoms in total. The molecule has 2 unspecified atom stereocenters. The Morgan fingerprint density at radius 2 is 2.16 bits per heavy atom. The predicted molar refractivity (Wildman–Crippen MR) is 103 cm³/mol.